The fourth-order valence-electron chi connectivity index (χ4n) is 4.70. The van der Waals surface area contributed by atoms with Crippen molar-refractivity contribution in [3.05, 3.63) is 102 Å². The Kier molecular flexibility index (Phi) is 7.62. The van der Waals surface area contributed by atoms with Crippen molar-refractivity contribution in [3.8, 4) is 5.75 Å². The van der Waals surface area contributed by atoms with Crippen LogP contribution in [-0.4, -0.2) is 46.4 Å². The molecule has 1 fully saturated rings. The van der Waals surface area contributed by atoms with E-state index in [-0.39, 0.29) is 24.6 Å². The number of amides is 1. The maximum atomic E-state index is 12.3. The number of hydrogen-bond acceptors (Lipinski definition) is 6. The summed E-state index contributed by atoms with van der Waals surface area (Å²) in [5.74, 6) is 0.254. The van der Waals surface area contributed by atoms with Gasteiger partial charge in [0.1, 0.15) is 18.4 Å². The van der Waals surface area contributed by atoms with Crippen molar-refractivity contribution < 1.29 is 14.3 Å². The van der Waals surface area contributed by atoms with Crippen LogP contribution in [-0.2, 0) is 16.1 Å². The Hall–Kier alpha value is -4.28. The Balaban J connectivity index is 1.58. The number of rotatable bonds is 9. The van der Waals surface area contributed by atoms with Gasteiger partial charge < -0.3 is 29.6 Å². The molecule has 38 heavy (non-hydrogen) atoms. The van der Waals surface area contributed by atoms with Gasteiger partial charge in [-0.3, -0.25) is 14.8 Å². The van der Waals surface area contributed by atoms with Crippen molar-refractivity contribution in [2.24, 2.45) is 0 Å². The molecule has 4 aromatic rings. The fourth-order valence-corrected chi connectivity index (χ4v) is 5.05. The SMILES string of the molecule is COCC(=O)Nc1cc(N2C(=S)N[C@@H](c3ccccn3)[C@@H]2c2cccn2Cc2ccccn2)ccc1OC. The van der Waals surface area contributed by atoms with Gasteiger partial charge in [0.2, 0.25) is 5.91 Å². The Morgan fingerprint density at radius 1 is 1.05 bits per heavy atom. The fraction of sp³-hybridized carbons (Fsp3) is 0.214. The average Bonchev–Trinajstić information content (AvgIpc) is 3.53. The molecule has 2 atom stereocenters. The van der Waals surface area contributed by atoms with E-state index in [0.29, 0.717) is 23.1 Å². The van der Waals surface area contributed by atoms with E-state index in [1.165, 1.54) is 7.11 Å². The van der Waals surface area contributed by atoms with Gasteiger partial charge >= 0.3 is 0 Å². The number of nitrogens with zero attached hydrogens (tertiary/aromatic N) is 4. The number of pyridine rings is 2. The van der Waals surface area contributed by atoms with Crippen LogP contribution in [0.2, 0.25) is 0 Å². The average molecular weight is 529 g/mol. The maximum absolute atomic E-state index is 12.3. The minimum absolute atomic E-state index is 0.0670. The third kappa shape index (κ3) is 5.22. The van der Waals surface area contributed by atoms with Crippen molar-refractivity contribution in [2.45, 2.75) is 18.6 Å². The second-order valence-electron chi connectivity index (χ2n) is 8.74. The van der Waals surface area contributed by atoms with Crippen molar-refractivity contribution in [2.75, 3.05) is 31.0 Å². The quantitative estimate of drug-likeness (QED) is 0.314. The summed E-state index contributed by atoms with van der Waals surface area (Å²) < 4.78 is 12.7. The predicted molar refractivity (Wildman–Crippen MR) is 149 cm³/mol. The van der Waals surface area contributed by atoms with E-state index in [2.05, 4.69) is 36.1 Å². The molecule has 0 aliphatic carbocycles. The van der Waals surface area contributed by atoms with Crippen molar-refractivity contribution in [3.63, 3.8) is 0 Å². The zero-order valence-corrected chi connectivity index (χ0v) is 21.9. The zero-order valence-electron chi connectivity index (χ0n) is 21.1. The van der Waals surface area contributed by atoms with Gasteiger partial charge in [0, 0.05) is 37.1 Å². The number of benzene rings is 1. The standard InChI is InChI=1S/C28H28N6O3S/c1-36-18-25(35)31-22-16-20(11-12-24(22)37-2)34-27(26(32-28(34)38)21-9-4-6-14-30-21)23-10-7-15-33(23)17-19-8-3-5-13-29-19/h3-16,26-27H,17-18H2,1-2H3,(H,31,35)(H,32,38)/t26-,27-/m0/s1. The largest absolute Gasteiger partial charge is 0.495 e. The minimum Gasteiger partial charge on any atom is -0.495 e. The van der Waals surface area contributed by atoms with Gasteiger partial charge in [-0.05, 0) is 66.8 Å². The lowest BCUT2D eigenvalue weighted by Crippen LogP contribution is -2.30. The number of hydrogen-bond donors (Lipinski definition) is 2. The summed E-state index contributed by atoms with van der Waals surface area (Å²) in [6.45, 7) is 0.540. The first-order valence-electron chi connectivity index (χ1n) is 12.1. The van der Waals surface area contributed by atoms with Crippen LogP contribution in [0.3, 0.4) is 0 Å². The van der Waals surface area contributed by atoms with Gasteiger partial charge in [-0.1, -0.05) is 12.1 Å². The molecule has 4 heterocycles. The number of ether oxygens (including phenoxy) is 2. The highest BCUT2D eigenvalue weighted by molar-refractivity contribution is 7.80. The van der Waals surface area contributed by atoms with E-state index in [1.54, 1.807) is 19.5 Å². The van der Waals surface area contributed by atoms with Gasteiger partial charge in [-0.25, -0.2) is 0 Å². The third-order valence-corrected chi connectivity index (χ3v) is 6.65. The second kappa shape index (κ2) is 11.4. The molecule has 9 nitrogen and oxygen atoms in total. The second-order valence-corrected chi connectivity index (χ2v) is 9.13. The van der Waals surface area contributed by atoms with Gasteiger partial charge in [-0.15, -0.1) is 0 Å². The molecule has 1 saturated heterocycles. The summed E-state index contributed by atoms with van der Waals surface area (Å²) in [4.78, 5) is 23.5. The van der Waals surface area contributed by atoms with Gasteiger partial charge in [0.15, 0.2) is 5.11 Å². The molecule has 0 saturated carbocycles. The van der Waals surface area contributed by atoms with E-state index < -0.39 is 0 Å². The summed E-state index contributed by atoms with van der Waals surface area (Å²) in [5.41, 5.74) is 4.19. The molecule has 194 valence electrons. The summed E-state index contributed by atoms with van der Waals surface area (Å²) in [6, 6.07) is 21.0. The first-order valence-corrected chi connectivity index (χ1v) is 12.5. The van der Waals surface area contributed by atoms with E-state index in [4.69, 9.17) is 21.7 Å². The maximum Gasteiger partial charge on any atom is 0.250 e. The highest BCUT2D eigenvalue weighted by atomic mass is 32.1. The summed E-state index contributed by atoms with van der Waals surface area (Å²) in [6.07, 6.45) is 5.62. The molecule has 1 aliphatic heterocycles. The van der Waals surface area contributed by atoms with Crippen LogP contribution < -0.4 is 20.3 Å². The van der Waals surface area contributed by atoms with Crippen LogP contribution in [0.15, 0.2) is 85.3 Å². The topological polar surface area (TPSA) is 93.5 Å². The number of carbonyl (C=O) groups is 1. The van der Waals surface area contributed by atoms with Gasteiger partial charge in [0.05, 0.1) is 36.8 Å². The Morgan fingerprint density at radius 2 is 1.87 bits per heavy atom. The molecule has 1 aromatic carbocycles. The van der Waals surface area contributed by atoms with E-state index >= 15 is 0 Å². The summed E-state index contributed by atoms with van der Waals surface area (Å²) in [7, 11) is 3.04. The van der Waals surface area contributed by atoms with Crippen LogP contribution >= 0.6 is 12.2 Å². The Morgan fingerprint density at radius 3 is 2.58 bits per heavy atom. The van der Waals surface area contributed by atoms with Crippen LogP contribution in [0.25, 0.3) is 0 Å². The van der Waals surface area contributed by atoms with Crippen LogP contribution in [0, 0.1) is 0 Å². The third-order valence-electron chi connectivity index (χ3n) is 6.34. The number of methoxy groups -OCH3 is 2. The zero-order chi connectivity index (χ0) is 26.5. The normalized spacial score (nSPS) is 16.8. The number of nitrogens with one attached hydrogen (secondary N) is 2. The monoisotopic (exact) mass is 528 g/mol. The van der Waals surface area contributed by atoms with Crippen molar-refractivity contribution >= 4 is 34.6 Å². The highest BCUT2D eigenvalue weighted by Gasteiger charge is 2.42. The van der Waals surface area contributed by atoms with Crippen molar-refractivity contribution in [1.82, 2.24) is 19.9 Å². The molecule has 2 N–H and O–H groups in total. The first-order chi connectivity index (χ1) is 18.6. The van der Waals surface area contributed by atoms with E-state index in [9.17, 15) is 4.79 Å². The molecule has 0 unspecified atom stereocenters. The molecule has 0 radical (unpaired) electrons. The molecular formula is C28H28N6O3S. The molecule has 1 aliphatic rings. The number of aromatic nitrogens is 3. The Labute approximate surface area is 226 Å². The molecule has 0 spiro atoms. The van der Waals surface area contributed by atoms with Crippen molar-refractivity contribution in [1.29, 1.82) is 0 Å². The number of carbonyl (C=O) groups excluding carboxylic acids is 1. The van der Waals surface area contributed by atoms with E-state index in [1.807, 2.05) is 66.9 Å². The molecule has 5 rings (SSSR count). The van der Waals surface area contributed by atoms with Crippen LogP contribution in [0.4, 0.5) is 11.4 Å². The summed E-state index contributed by atoms with van der Waals surface area (Å²) in [5, 5.41) is 6.91. The molecule has 3 aromatic heterocycles. The van der Waals surface area contributed by atoms with Crippen LogP contribution in [0.5, 0.6) is 5.75 Å². The lowest BCUT2D eigenvalue weighted by molar-refractivity contribution is -0.119. The predicted octanol–water partition coefficient (Wildman–Crippen LogP) is 4.10. The Bertz CT molecular complexity index is 1410. The minimum atomic E-state index is -0.280. The smallest absolute Gasteiger partial charge is 0.250 e. The van der Waals surface area contributed by atoms with Gasteiger partial charge in [0.25, 0.3) is 0 Å². The highest BCUT2D eigenvalue weighted by Crippen LogP contribution is 2.43. The molecule has 10 heteroatoms. The molecular weight excluding hydrogens is 500 g/mol. The molecule has 0 bridgehead atoms. The molecule has 1 amide bonds. The van der Waals surface area contributed by atoms with E-state index in [0.717, 1.165) is 22.8 Å². The number of thiocarbonyl (C=S) groups is 1. The van der Waals surface area contributed by atoms with Crippen LogP contribution in [0.1, 0.15) is 29.2 Å². The lowest BCUT2D eigenvalue weighted by Gasteiger charge is -2.29. The van der Waals surface area contributed by atoms with Gasteiger partial charge in [-0.2, -0.15) is 0 Å². The first kappa shape index (κ1) is 25.4. The lowest BCUT2D eigenvalue weighted by atomic mass is 10.0. The summed E-state index contributed by atoms with van der Waals surface area (Å²) >= 11 is 5.88. The number of anilines is 2.